The molecule has 0 aliphatic rings. The molecule has 100 valence electrons. The third-order valence-corrected chi connectivity index (χ3v) is 3.33. The summed E-state index contributed by atoms with van der Waals surface area (Å²) in [7, 11) is 1.68. The van der Waals surface area contributed by atoms with Crippen LogP contribution < -0.4 is 10.1 Å². The first-order valence-electron chi connectivity index (χ1n) is 6.39. The van der Waals surface area contributed by atoms with Gasteiger partial charge in [-0.25, -0.2) is 0 Å². The molecule has 0 saturated carbocycles. The second-order valence-electron chi connectivity index (χ2n) is 4.36. The van der Waals surface area contributed by atoms with E-state index >= 15 is 0 Å². The van der Waals surface area contributed by atoms with Crippen molar-refractivity contribution >= 4 is 17.3 Å². The molecule has 0 heterocycles. The number of halogens is 1. The van der Waals surface area contributed by atoms with Gasteiger partial charge in [-0.2, -0.15) is 0 Å². The highest BCUT2D eigenvalue weighted by molar-refractivity contribution is 6.30. The predicted octanol–water partition coefficient (Wildman–Crippen LogP) is 4.91. The van der Waals surface area contributed by atoms with E-state index in [0.717, 1.165) is 22.9 Å². The van der Waals surface area contributed by atoms with Gasteiger partial charge in [0.25, 0.3) is 0 Å². The Labute approximate surface area is 119 Å². The van der Waals surface area contributed by atoms with Crippen LogP contribution in [0.2, 0.25) is 5.02 Å². The SMILES string of the molecule is CCC(Nc1ccccc1OC)c1cccc(Cl)c1. The second kappa shape index (κ2) is 6.48. The van der Waals surface area contributed by atoms with E-state index in [2.05, 4.69) is 18.3 Å². The lowest BCUT2D eigenvalue weighted by Gasteiger charge is -2.20. The van der Waals surface area contributed by atoms with E-state index < -0.39 is 0 Å². The number of benzene rings is 2. The third kappa shape index (κ3) is 3.42. The van der Waals surface area contributed by atoms with Gasteiger partial charge in [0.15, 0.2) is 0 Å². The van der Waals surface area contributed by atoms with Crippen molar-refractivity contribution in [2.24, 2.45) is 0 Å². The van der Waals surface area contributed by atoms with Gasteiger partial charge in [0.1, 0.15) is 5.75 Å². The molecule has 19 heavy (non-hydrogen) atoms. The summed E-state index contributed by atoms with van der Waals surface area (Å²) in [5.74, 6) is 0.850. The van der Waals surface area contributed by atoms with E-state index in [1.165, 1.54) is 5.56 Å². The average molecular weight is 276 g/mol. The number of para-hydroxylation sites is 2. The first kappa shape index (κ1) is 13.8. The maximum Gasteiger partial charge on any atom is 0.141 e. The molecule has 0 bridgehead atoms. The standard InChI is InChI=1S/C16H18ClNO/c1-3-14(12-7-6-8-13(17)11-12)18-15-9-4-5-10-16(15)19-2/h4-11,14,18H,3H2,1-2H3. The van der Waals surface area contributed by atoms with Crippen molar-refractivity contribution in [2.45, 2.75) is 19.4 Å². The Kier molecular flexibility index (Phi) is 4.69. The zero-order chi connectivity index (χ0) is 13.7. The number of nitrogens with one attached hydrogen (secondary N) is 1. The summed E-state index contributed by atoms with van der Waals surface area (Å²) < 4.78 is 5.36. The molecular weight excluding hydrogens is 258 g/mol. The molecular formula is C16H18ClNO. The monoisotopic (exact) mass is 275 g/mol. The number of rotatable bonds is 5. The van der Waals surface area contributed by atoms with Gasteiger partial charge in [-0.1, -0.05) is 42.8 Å². The van der Waals surface area contributed by atoms with Gasteiger partial charge < -0.3 is 10.1 Å². The van der Waals surface area contributed by atoms with Gasteiger partial charge in [0.05, 0.1) is 18.8 Å². The number of hydrogen-bond donors (Lipinski definition) is 1. The Morgan fingerprint density at radius 2 is 1.95 bits per heavy atom. The van der Waals surface area contributed by atoms with Gasteiger partial charge in [-0.15, -0.1) is 0 Å². The molecule has 2 aromatic rings. The largest absolute Gasteiger partial charge is 0.495 e. The third-order valence-electron chi connectivity index (χ3n) is 3.10. The first-order valence-corrected chi connectivity index (χ1v) is 6.77. The maximum absolute atomic E-state index is 6.05. The fourth-order valence-electron chi connectivity index (χ4n) is 2.10. The summed E-state index contributed by atoms with van der Waals surface area (Å²) >= 11 is 6.05. The van der Waals surface area contributed by atoms with Crippen molar-refractivity contribution < 1.29 is 4.74 Å². The molecule has 1 atom stereocenters. The van der Waals surface area contributed by atoms with Crippen LogP contribution in [0, 0.1) is 0 Å². The summed E-state index contributed by atoms with van der Waals surface area (Å²) in [6.45, 7) is 2.15. The normalized spacial score (nSPS) is 11.9. The molecule has 0 aliphatic heterocycles. The van der Waals surface area contributed by atoms with Gasteiger partial charge in [0.2, 0.25) is 0 Å². The summed E-state index contributed by atoms with van der Waals surface area (Å²) in [4.78, 5) is 0. The lowest BCUT2D eigenvalue weighted by atomic mass is 10.0. The van der Waals surface area contributed by atoms with Crippen LogP contribution in [-0.2, 0) is 0 Å². The minimum Gasteiger partial charge on any atom is -0.495 e. The van der Waals surface area contributed by atoms with Gasteiger partial charge in [-0.05, 0) is 36.2 Å². The van der Waals surface area contributed by atoms with E-state index in [0.29, 0.717) is 0 Å². The van der Waals surface area contributed by atoms with Crippen LogP contribution >= 0.6 is 11.6 Å². The fourth-order valence-corrected chi connectivity index (χ4v) is 2.29. The smallest absolute Gasteiger partial charge is 0.141 e. The number of hydrogen-bond acceptors (Lipinski definition) is 2. The van der Waals surface area contributed by atoms with Crippen molar-refractivity contribution in [1.29, 1.82) is 0 Å². The Morgan fingerprint density at radius 3 is 2.63 bits per heavy atom. The lowest BCUT2D eigenvalue weighted by Crippen LogP contribution is -2.10. The van der Waals surface area contributed by atoms with E-state index in [9.17, 15) is 0 Å². The van der Waals surface area contributed by atoms with Crippen LogP contribution in [0.5, 0.6) is 5.75 Å². The minimum atomic E-state index is 0.218. The molecule has 0 aromatic heterocycles. The van der Waals surface area contributed by atoms with E-state index in [1.807, 2.05) is 42.5 Å². The molecule has 0 radical (unpaired) electrons. The Morgan fingerprint density at radius 1 is 1.16 bits per heavy atom. The molecule has 1 unspecified atom stereocenters. The summed E-state index contributed by atoms with van der Waals surface area (Å²) in [5, 5.41) is 4.27. The van der Waals surface area contributed by atoms with Gasteiger partial charge in [-0.3, -0.25) is 0 Å². The molecule has 0 amide bonds. The fraction of sp³-hybridized carbons (Fsp3) is 0.250. The van der Waals surface area contributed by atoms with Crippen molar-refractivity contribution in [2.75, 3.05) is 12.4 Å². The lowest BCUT2D eigenvalue weighted by molar-refractivity contribution is 0.416. The van der Waals surface area contributed by atoms with Gasteiger partial charge in [0, 0.05) is 5.02 Å². The molecule has 2 aromatic carbocycles. The quantitative estimate of drug-likeness (QED) is 0.837. The molecule has 3 heteroatoms. The van der Waals surface area contributed by atoms with Crippen molar-refractivity contribution in [1.82, 2.24) is 0 Å². The molecule has 2 rings (SSSR count). The summed E-state index contributed by atoms with van der Waals surface area (Å²) in [5.41, 5.74) is 2.18. The first-order chi connectivity index (χ1) is 9.24. The Balaban J connectivity index is 2.24. The topological polar surface area (TPSA) is 21.3 Å². The van der Waals surface area contributed by atoms with Crippen molar-refractivity contribution in [3.63, 3.8) is 0 Å². The predicted molar refractivity (Wildman–Crippen MR) is 81.1 cm³/mol. The van der Waals surface area contributed by atoms with Crippen LogP contribution in [0.4, 0.5) is 5.69 Å². The number of anilines is 1. The van der Waals surface area contributed by atoms with E-state index in [-0.39, 0.29) is 6.04 Å². The highest BCUT2D eigenvalue weighted by atomic mass is 35.5. The zero-order valence-electron chi connectivity index (χ0n) is 11.2. The average Bonchev–Trinajstić information content (AvgIpc) is 2.45. The Hall–Kier alpha value is -1.67. The second-order valence-corrected chi connectivity index (χ2v) is 4.80. The highest BCUT2D eigenvalue weighted by Crippen LogP contribution is 2.30. The van der Waals surface area contributed by atoms with E-state index in [1.54, 1.807) is 7.11 Å². The Bertz CT molecular complexity index is 542. The molecule has 1 N–H and O–H groups in total. The molecule has 0 fully saturated rings. The molecule has 2 nitrogen and oxygen atoms in total. The molecule has 0 saturated heterocycles. The van der Waals surface area contributed by atoms with Crippen LogP contribution in [0.1, 0.15) is 24.9 Å². The van der Waals surface area contributed by atoms with Crippen molar-refractivity contribution in [3.8, 4) is 5.75 Å². The van der Waals surface area contributed by atoms with Crippen LogP contribution in [-0.4, -0.2) is 7.11 Å². The van der Waals surface area contributed by atoms with Crippen LogP contribution in [0.15, 0.2) is 48.5 Å². The van der Waals surface area contributed by atoms with Crippen molar-refractivity contribution in [3.05, 3.63) is 59.1 Å². The zero-order valence-corrected chi connectivity index (χ0v) is 11.9. The van der Waals surface area contributed by atoms with Crippen LogP contribution in [0.3, 0.4) is 0 Å². The highest BCUT2D eigenvalue weighted by Gasteiger charge is 2.11. The molecule has 0 spiro atoms. The number of methoxy groups -OCH3 is 1. The summed E-state index contributed by atoms with van der Waals surface area (Å²) in [6.07, 6.45) is 0.971. The van der Waals surface area contributed by atoms with Crippen LogP contribution in [0.25, 0.3) is 0 Å². The van der Waals surface area contributed by atoms with E-state index in [4.69, 9.17) is 16.3 Å². The number of ether oxygens (including phenoxy) is 1. The maximum atomic E-state index is 6.05. The minimum absolute atomic E-state index is 0.218. The molecule has 0 aliphatic carbocycles. The van der Waals surface area contributed by atoms with Gasteiger partial charge >= 0.3 is 0 Å². The summed E-state index contributed by atoms with van der Waals surface area (Å²) in [6, 6.07) is 16.1.